The van der Waals surface area contributed by atoms with Gasteiger partial charge in [0.2, 0.25) is 5.91 Å². The van der Waals surface area contributed by atoms with Gasteiger partial charge in [0.1, 0.15) is 23.1 Å². The van der Waals surface area contributed by atoms with Gasteiger partial charge in [-0.1, -0.05) is 0 Å². The second kappa shape index (κ2) is 8.81. The van der Waals surface area contributed by atoms with Crippen LogP contribution in [-0.4, -0.2) is 49.3 Å². The van der Waals surface area contributed by atoms with Crippen LogP contribution >= 0.6 is 11.8 Å². The molecule has 1 aromatic carbocycles. The third-order valence-corrected chi connectivity index (χ3v) is 4.74. The Balaban J connectivity index is 2.43. The molecule has 2 N–H and O–H groups in total. The number of rotatable bonds is 8. The van der Waals surface area contributed by atoms with E-state index in [1.807, 2.05) is 0 Å². The van der Waals surface area contributed by atoms with Crippen LogP contribution in [0.5, 0.6) is 11.5 Å². The van der Waals surface area contributed by atoms with Crippen LogP contribution < -0.4 is 20.4 Å². The highest BCUT2D eigenvalue weighted by Crippen LogP contribution is 2.33. The Morgan fingerprint density at radius 2 is 2.00 bits per heavy atom. The van der Waals surface area contributed by atoms with Crippen LogP contribution in [0.25, 0.3) is 11.0 Å². The minimum atomic E-state index is -1.13. The summed E-state index contributed by atoms with van der Waals surface area (Å²) in [6.45, 7) is 1.69. The van der Waals surface area contributed by atoms with Crippen LogP contribution in [0.1, 0.15) is 11.1 Å². The number of hydrogen-bond acceptors (Lipinski definition) is 7. The first-order valence-electron chi connectivity index (χ1n) is 8.01. The molecule has 2 rings (SSSR count). The van der Waals surface area contributed by atoms with E-state index in [4.69, 9.17) is 19.0 Å². The lowest BCUT2D eigenvalue weighted by atomic mass is 10.0. The second-order valence-corrected chi connectivity index (χ2v) is 6.70. The zero-order chi connectivity index (χ0) is 20.1. The lowest BCUT2D eigenvalue weighted by Gasteiger charge is -2.15. The second-order valence-electron chi connectivity index (χ2n) is 5.79. The van der Waals surface area contributed by atoms with Gasteiger partial charge in [0.15, 0.2) is 0 Å². The van der Waals surface area contributed by atoms with Crippen molar-refractivity contribution < 1.29 is 28.6 Å². The number of aliphatic carboxylic acids is 1. The minimum absolute atomic E-state index is 0.150. The number of benzene rings is 1. The van der Waals surface area contributed by atoms with Crippen molar-refractivity contribution >= 4 is 34.6 Å². The number of carboxylic acid groups (broad SMARTS) is 1. The van der Waals surface area contributed by atoms with E-state index in [1.165, 1.54) is 26.0 Å². The predicted octanol–water partition coefficient (Wildman–Crippen LogP) is 1.59. The van der Waals surface area contributed by atoms with E-state index in [2.05, 4.69) is 5.32 Å². The molecule has 0 spiro atoms. The fraction of sp³-hybridized carbons (Fsp3) is 0.389. The molecule has 9 heteroatoms. The number of amides is 1. The SMILES string of the molecule is COc1cc(OC)c2c(C)c(CC(=O)NC(CSC)C(=O)O)c(=O)oc2c1. The van der Waals surface area contributed by atoms with Gasteiger partial charge < -0.3 is 24.3 Å². The number of hydrogen-bond donors (Lipinski definition) is 2. The lowest BCUT2D eigenvalue weighted by Crippen LogP contribution is -2.43. The van der Waals surface area contributed by atoms with Gasteiger partial charge in [0.05, 0.1) is 31.6 Å². The third-order valence-electron chi connectivity index (χ3n) is 4.08. The van der Waals surface area contributed by atoms with Crippen molar-refractivity contribution in [3.05, 3.63) is 33.7 Å². The molecule has 0 aliphatic carbocycles. The van der Waals surface area contributed by atoms with Crippen molar-refractivity contribution in [3.8, 4) is 11.5 Å². The monoisotopic (exact) mass is 395 g/mol. The maximum absolute atomic E-state index is 12.4. The zero-order valence-electron chi connectivity index (χ0n) is 15.5. The van der Waals surface area contributed by atoms with E-state index in [0.717, 1.165) is 0 Å². The summed E-state index contributed by atoms with van der Waals surface area (Å²) in [7, 11) is 2.96. The lowest BCUT2D eigenvalue weighted by molar-refractivity contribution is -0.141. The van der Waals surface area contributed by atoms with E-state index < -0.39 is 23.5 Å². The van der Waals surface area contributed by atoms with E-state index >= 15 is 0 Å². The molecule has 1 atom stereocenters. The molecule has 0 radical (unpaired) electrons. The van der Waals surface area contributed by atoms with E-state index in [0.29, 0.717) is 22.4 Å². The summed E-state index contributed by atoms with van der Waals surface area (Å²) >= 11 is 1.30. The average Bonchev–Trinajstić information content (AvgIpc) is 2.63. The van der Waals surface area contributed by atoms with Gasteiger partial charge in [-0.25, -0.2) is 9.59 Å². The maximum atomic E-state index is 12.4. The summed E-state index contributed by atoms with van der Waals surface area (Å²) in [5.74, 6) is -0.570. The first-order chi connectivity index (χ1) is 12.8. The van der Waals surface area contributed by atoms with Crippen LogP contribution in [0.3, 0.4) is 0 Å². The molecule has 146 valence electrons. The van der Waals surface area contributed by atoms with E-state index in [1.54, 1.807) is 25.3 Å². The summed E-state index contributed by atoms with van der Waals surface area (Å²) in [6, 6.07) is 2.19. The van der Waals surface area contributed by atoms with Gasteiger partial charge in [-0.15, -0.1) is 0 Å². The number of nitrogens with one attached hydrogen (secondary N) is 1. The fourth-order valence-corrected chi connectivity index (χ4v) is 3.27. The number of carboxylic acids is 1. The highest BCUT2D eigenvalue weighted by Gasteiger charge is 2.22. The number of carbonyl (C=O) groups excluding carboxylic acids is 1. The molecule has 27 heavy (non-hydrogen) atoms. The summed E-state index contributed by atoms with van der Waals surface area (Å²) in [6.07, 6.45) is 1.45. The van der Waals surface area contributed by atoms with Crippen LogP contribution in [0.4, 0.5) is 0 Å². The van der Waals surface area contributed by atoms with Crippen LogP contribution in [0.2, 0.25) is 0 Å². The van der Waals surface area contributed by atoms with Gasteiger partial charge in [-0.2, -0.15) is 11.8 Å². The van der Waals surface area contributed by atoms with Crippen molar-refractivity contribution in [2.75, 3.05) is 26.2 Å². The standard InChI is InChI=1S/C18H21NO7S/c1-9-11(7-15(20)19-12(8-27-4)17(21)22)18(23)26-14-6-10(24-2)5-13(25-3)16(9)14/h5-6,12H,7-8H2,1-4H3,(H,19,20)(H,21,22). The predicted molar refractivity (Wildman–Crippen MR) is 102 cm³/mol. The number of ether oxygens (including phenoxy) is 2. The number of aryl methyl sites for hydroxylation is 1. The minimum Gasteiger partial charge on any atom is -0.496 e. The molecule has 0 saturated heterocycles. The van der Waals surface area contributed by atoms with Crippen molar-refractivity contribution in [3.63, 3.8) is 0 Å². The van der Waals surface area contributed by atoms with E-state index in [-0.39, 0.29) is 23.3 Å². The highest BCUT2D eigenvalue weighted by atomic mass is 32.2. The van der Waals surface area contributed by atoms with Crippen molar-refractivity contribution in [2.45, 2.75) is 19.4 Å². The van der Waals surface area contributed by atoms with Gasteiger partial charge in [-0.05, 0) is 18.7 Å². The van der Waals surface area contributed by atoms with Gasteiger partial charge >= 0.3 is 11.6 Å². The average molecular weight is 395 g/mol. The molecule has 2 aromatic rings. The molecular formula is C18H21NO7S. The maximum Gasteiger partial charge on any atom is 0.340 e. The fourth-order valence-electron chi connectivity index (χ4n) is 2.71. The Hall–Kier alpha value is -2.68. The molecule has 0 fully saturated rings. The summed E-state index contributed by atoms with van der Waals surface area (Å²) in [5, 5.41) is 12.1. The topological polar surface area (TPSA) is 115 Å². The number of thioether (sulfide) groups is 1. The Labute approximate surface area is 159 Å². The highest BCUT2D eigenvalue weighted by molar-refractivity contribution is 7.98. The quantitative estimate of drug-likeness (QED) is 0.648. The first kappa shape index (κ1) is 20.6. The Kier molecular flexibility index (Phi) is 6.73. The third kappa shape index (κ3) is 4.54. The Morgan fingerprint density at radius 1 is 1.30 bits per heavy atom. The molecule has 0 aliphatic heterocycles. The number of methoxy groups -OCH3 is 2. The summed E-state index contributed by atoms with van der Waals surface area (Å²) < 4.78 is 15.9. The number of carbonyl (C=O) groups is 2. The molecule has 0 aliphatic rings. The summed E-state index contributed by atoms with van der Waals surface area (Å²) in [5.41, 5.74) is 0.301. The van der Waals surface area contributed by atoms with Crippen LogP contribution in [0.15, 0.2) is 21.3 Å². The van der Waals surface area contributed by atoms with Crippen molar-refractivity contribution in [1.29, 1.82) is 0 Å². The van der Waals surface area contributed by atoms with Gasteiger partial charge in [0.25, 0.3) is 0 Å². The smallest absolute Gasteiger partial charge is 0.340 e. The largest absolute Gasteiger partial charge is 0.496 e. The molecule has 0 bridgehead atoms. The Bertz CT molecular complexity index is 922. The molecule has 0 saturated carbocycles. The zero-order valence-corrected chi connectivity index (χ0v) is 16.3. The number of fused-ring (bicyclic) bond motifs is 1. The molecule has 8 nitrogen and oxygen atoms in total. The van der Waals surface area contributed by atoms with Crippen molar-refractivity contribution in [2.24, 2.45) is 0 Å². The molecule has 1 aromatic heterocycles. The summed E-state index contributed by atoms with van der Waals surface area (Å²) in [4.78, 5) is 35.9. The Morgan fingerprint density at radius 3 is 2.56 bits per heavy atom. The van der Waals surface area contributed by atoms with Crippen LogP contribution in [0, 0.1) is 6.92 Å². The van der Waals surface area contributed by atoms with E-state index in [9.17, 15) is 14.4 Å². The van der Waals surface area contributed by atoms with Crippen LogP contribution in [-0.2, 0) is 16.0 Å². The molecule has 1 heterocycles. The molecule has 1 unspecified atom stereocenters. The van der Waals surface area contributed by atoms with Gasteiger partial charge in [-0.3, -0.25) is 4.79 Å². The van der Waals surface area contributed by atoms with Crippen molar-refractivity contribution in [1.82, 2.24) is 5.32 Å². The van der Waals surface area contributed by atoms with Gasteiger partial charge in [0, 0.05) is 17.9 Å². The normalized spacial score (nSPS) is 11.9. The molecule has 1 amide bonds. The molecular weight excluding hydrogens is 374 g/mol. The first-order valence-corrected chi connectivity index (χ1v) is 9.41.